The molecule has 4 nitrogen and oxygen atoms in total. The van der Waals surface area contributed by atoms with Crippen LogP contribution in [-0.2, 0) is 0 Å². The fourth-order valence-electron chi connectivity index (χ4n) is 1.63. The Bertz CT molecular complexity index is 515. The van der Waals surface area contributed by atoms with Crippen LogP contribution in [0.3, 0.4) is 0 Å². The van der Waals surface area contributed by atoms with Gasteiger partial charge in [-0.15, -0.1) is 11.3 Å². The molecule has 0 aromatic carbocycles. The maximum absolute atomic E-state index is 4.48. The fraction of sp³-hybridized carbons (Fsp3) is 0.333. The predicted octanol–water partition coefficient (Wildman–Crippen LogP) is 3.54. The molecule has 2 aromatic rings. The van der Waals surface area contributed by atoms with Gasteiger partial charge in [0.1, 0.15) is 5.82 Å². The molecule has 1 unspecified atom stereocenters. The van der Waals surface area contributed by atoms with E-state index in [0.717, 1.165) is 10.3 Å². The van der Waals surface area contributed by atoms with Gasteiger partial charge in [-0.05, 0) is 34.3 Å². The highest BCUT2D eigenvalue weighted by molar-refractivity contribution is 9.10. The number of rotatable bonds is 4. The van der Waals surface area contributed by atoms with Crippen molar-refractivity contribution in [3.8, 4) is 0 Å². The molecule has 96 valence electrons. The Morgan fingerprint density at radius 1 is 1.50 bits per heavy atom. The van der Waals surface area contributed by atoms with Gasteiger partial charge in [-0.25, -0.2) is 4.98 Å². The second-order valence-electron chi connectivity index (χ2n) is 3.92. The molecule has 0 saturated heterocycles. The van der Waals surface area contributed by atoms with E-state index in [1.54, 1.807) is 17.5 Å². The molecule has 0 amide bonds. The highest BCUT2D eigenvalue weighted by atomic mass is 79.9. The van der Waals surface area contributed by atoms with Crippen LogP contribution in [0.25, 0.3) is 0 Å². The number of hydrogen-bond acceptors (Lipinski definition) is 5. The van der Waals surface area contributed by atoms with E-state index in [-0.39, 0.29) is 6.04 Å². The summed E-state index contributed by atoms with van der Waals surface area (Å²) >= 11 is 5.25. The third kappa shape index (κ3) is 2.64. The molecule has 6 heteroatoms. The molecule has 0 fully saturated rings. The lowest BCUT2D eigenvalue weighted by Gasteiger charge is -2.26. The second kappa shape index (κ2) is 5.67. The zero-order valence-corrected chi connectivity index (χ0v) is 12.9. The fourth-order valence-corrected chi connectivity index (χ4v) is 2.93. The highest BCUT2D eigenvalue weighted by Crippen LogP contribution is 2.31. The first kappa shape index (κ1) is 13.3. The zero-order valence-electron chi connectivity index (χ0n) is 10.5. The van der Waals surface area contributed by atoms with Crippen molar-refractivity contribution in [2.45, 2.75) is 13.0 Å². The second-order valence-corrected chi connectivity index (χ2v) is 5.75. The van der Waals surface area contributed by atoms with Crippen LogP contribution in [0.5, 0.6) is 0 Å². The summed E-state index contributed by atoms with van der Waals surface area (Å²) in [5, 5.41) is 5.05. The van der Waals surface area contributed by atoms with Crippen molar-refractivity contribution in [3.63, 3.8) is 0 Å². The van der Waals surface area contributed by atoms with Gasteiger partial charge in [-0.3, -0.25) is 0 Å². The van der Waals surface area contributed by atoms with E-state index >= 15 is 0 Å². The number of nitrogens with one attached hydrogen (secondary N) is 1. The van der Waals surface area contributed by atoms with E-state index in [0.29, 0.717) is 5.95 Å². The van der Waals surface area contributed by atoms with Crippen LogP contribution in [0.4, 0.5) is 11.8 Å². The van der Waals surface area contributed by atoms with E-state index in [2.05, 4.69) is 60.6 Å². The van der Waals surface area contributed by atoms with Gasteiger partial charge in [0, 0.05) is 25.2 Å². The molecule has 0 saturated carbocycles. The van der Waals surface area contributed by atoms with Gasteiger partial charge in [0.25, 0.3) is 0 Å². The number of aromatic nitrogens is 2. The molecule has 0 radical (unpaired) electrons. The highest BCUT2D eigenvalue weighted by Gasteiger charge is 2.17. The summed E-state index contributed by atoms with van der Waals surface area (Å²) in [4.78, 5) is 12.1. The number of hydrogen-bond donors (Lipinski definition) is 1. The third-order valence-corrected chi connectivity index (χ3v) is 4.42. The van der Waals surface area contributed by atoms with Gasteiger partial charge in [0.2, 0.25) is 5.95 Å². The number of thiophene rings is 1. The van der Waals surface area contributed by atoms with Crippen molar-refractivity contribution >= 4 is 39.0 Å². The van der Waals surface area contributed by atoms with E-state index in [9.17, 15) is 0 Å². The Kier molecular flexibility index (Phi) is 4.19. The average Bonchev–Trinajstić information content (AvgIpc) is 2.91. The average molecular weight is 327 g/mol. The molecule has 2 heterocycles. The molecule has 1 atom stereocenters. The van der Waals surface area contributed by atoms with E-state index in [1.165, 1.54) is 4.88 Å². The quantitative estimate of drug-likeness (QED) is 0.933. The van der Waals surface area contributed by atoms with Crippen molar-refractivity contribution in [1.29, 1.82) is 0 Å². The van der Waals surface area contributed by atoms with Crippen molar-refractivity contribution < 1.29 is 0 Å². The molecule has 1 N–H and O–H groups in total. The van der Waals surface area contributed by atoms with Crippen LogP contribution < -0.4 is 10.2 Å². The van der Waals surface area contributed by atoms with Crippen LogP contribution in [0.1, 0.15) is 17.8 Å². The van der Waals surface area contributed by atoms with Gasteiger partial charge < -0.3 is 10.2 Å². The molecule has 0 aliphatic rings. The molecule has 2 aromatic heterocycles. The zero-order chi connectivity index (χ0) is 13.1. The van der Waals surface area contributed by atoms with Gasteiger partial charge in [-0.2, -0.15) is 4.98 Å². The van der Waals surface area contributed by atoms with Crippen molar-refractivity contribution in [2.24, 2.45) is 0 Å². The normalized spacial score (nSPS) is 12.2. The van der Waals surface area contributed by atoms with Gasteiger partial charge in [-0.1, -0.05) is 6.07 Å². The minimum Gasteiger partial charge on any atom is -0.357 e. The maximum Gasteiger partial charge on any atom is 0.224 e. The summed E-state index contributed by atoms with van der Waals surface area (Å²) in [5.74, 6) is 1.51. The molecule has 0 spiro atoms. The summed E-state index contributed by atoms with van der Waals surface area (Å²) in [6.45, 7) is 2.17. The SMILES string of the molecule is CNc1ncc(Br)c(N(C)C(C)c2cccs2)n1. The Hall–Kier alpha value is -1.14. The molecule has 0 aliphatic heterocycles. The van der Waals surface area contributed by atoms with Crippen molar-refractivity contribution in [2.75, 3.05) is 24.3 Å². The molecule has 2 rings (SSSR count). The summed E-state index contributed by atoms with van der Waals surface area (Å²) in [5.41, 5.74) is 0. The lowest BCUT2D eigenvalue weighted by atomic mass is 10.2. The van der Waals surface area contributed by atoms with E-state index in [4.69, 9.17) is 0 Å². The smallest absolute Gasteiger partial charge is 0.224 e. The summed E-state index contributed by atoms with van der Waals surface area (Å²) in [6, 6.07) is 4.49. The minimum absolute atomic E-state index is 0.279. The van der Waals surface area contributed by atoms with Crippen LogP contribution in [0, 0.1) is 0 Å². The summed E-state index contributed by atoms with van der Waals surface area (Å²) < 4.78 is 0.896. The van der Waals surface area contributed by atoms with Crippen molar-refractivity contribution in [1.82, 2.24) is 9.97 Å². The minimum atomic E-state index is 0.279. The Morgan fingerprint density at radius 2 is 2.28 bits per heavy atom. The van der Waals surface area contributed by atoms with E-state index in [1.807, 2.05) is 14.1 Å². The number of halogens is 1. The van der Waals surface area contributed by atoms with Gasteiger partial charge in [0.05, 0.1) is 10.5 Å². The van der Waals surface area contributed by atoms with Gasteiger partial charge >= 0.3 is 0 Å². The monoisotopic (exact) mass is 326 g/mol. The standard InChI is InChI=1S/C12H15BrN4S/c1-8(10-5-4-6-18-10)17(3)11-9(13)7-15-12(14-2)16-11/h4-8H,1-3H3,(H,14,15,16). The topological polar surface area (TPSA) is 41.1 Å². The molecule has 18 heavy (non-hydrogen) atoms. The summed E-state index contributed by atoms with van der Waals surface area (Å²) in [6.07, 6.45) is 1.77. The molecule has 0 aliphatic carbocycles. The number of nitrogens with zero attached hydrogens (tertiary/aromatic N) is 3. The van der Waals surface area contributed by atoms with Crippen molar-refractivity contribution in [3.05, 3.63) is 33.1 Å². The molecule has 0 bridgehead atoms. The Morgan fingerprint density at radius 3 is 2.89 bits per heavy atom. The van der Waals surface area contributed by atoms with E-state index < -0.39 is 0 Å². The first-order valence-corrected chi connectivity index (χ1v) is 7.27. The Balaban J connectivity index is 2.30. The number of anilines is 2. The van der Waals surface area contributed by atoms with Crippen LogP contribution in [-0.4, -0.2) is 24.1 Å². The first-order chi connectivity index (χ1) is 8.63. The summed E-state index contributed by atoms with van der Waals surface area (Å²) in [7, 11) is 3.85. The molecular weight excluding hydrogens is 312 g/mol. The third-order valence-electron chi connectivity index (χ3n) is 2.82. The lowest BCUT2D eigenvalue weighted by Crippen LogP contribution is -2.22. The first-order valence-electron chi connectivity index (χ1n) is 5.60. The predicted molar refractivity (Wildman–Crippen MR) is 80.4 cm³/mol. The maximum atomic E-state index is 4.48. The van der Waals surface area contributed by atoms with Crippen LogP contribution in [0.15, 0.2) is 28.2 Å². The van der Waals surface area contributed by atoms with Gasteiger partial charge in [0.15, 0.2) is 0 Å². The Labute approximate surface area is 119 Å². The largest absolute Gasteiger partial charge is 0.357 e. The lowest BCUT2D eigenvalue weighted by molar-refractivity contribution is 0.738. The molecular formula is C12H15BrN4S. The van der Waals surface area contributed by atoms with Crippen LogP contribution in [0.2, 0.25) is 0 Å². The van der Waals surface area contributed by atoms with Crippen LogP contribution >= 0.6 is 27.3 Å².